The van der Waals surface area contributed by atoms with Gasteiger partial charge >= 0.3 is 5.97 Å². The van der Waals surface area contributed by atoms with E-state index >= 15 is 0 Å². The molecule has 1 rings (SSSR count). The first-order valence-electron chi connectivity index (χ1n) is 3.93. The Morgan fingerprint density at radius 3 is 2.20 bits per heavy atom. The predicted octanol–water partition coefficient (Wildman–Crippen LogP) is 1.90. The summed E-state index contributed by atoms with van der Waals surface area (Å²) in [5.41, 5.74) is 0. The van der Waals surface area contributed by atoms with E-state index in [1.807, 2.05) is 0 Å². The van der Waals surface area contributed by atoms with Gasteiger partial charge in [0.25, 0.3) is 0 Å². The quantitative estimate of drug-likeness (QED) is 0.607. The zero-order chi connectivity index (χ0) is 7.56. The van der Waals surface area contributed by atoms with E-state index in [2.05, 4.69) is 6.92 Å². The molecule has 0 saturated heterocycles. The highest BCUT2D eigenvalue weighted by atomic mass is 16.4. The first-order valence-corrected chi connectivity index (χ1v) is 3.93. The minimum atomic E-state index is -0.605. The van der Waals surface area contributed by atoms with Crippen LogP contribution in [0.15, 0.2) is 0 Å². The van der Waals surface area contributed by atoms with Gasteiger partial charge in [0.1, 0.15) is 0 Å². The summed E-state index contributed by atoms with van der Waals surface area (Å²) < 4.78 is 0. The van der Waals surface area contributed by atoms with Crippen LogP contribution in [0.3, 0.4) is 0 Å². The highest BCUT2D eigenvalue weighted by Crippen LogP contribution is 2.27. The van der Waals surface area contributed by atoms with Crippen LogP contribution in [0, 0.1) is 11.8 Å². The average molecular weight is 142 g/mol. The van der Waals surface area contributed by atoms with E-state index in [1.165, 1.54) is 0 Å². The summed E-state index contributed by atoms with van der Waals surface area (Å²) in [5, 5.41) is 8.62. The lowest BCUT2D eigenvalue weighted by Gasteiger charge is -2.22. The summed E-state index contributed by atoms with van der Waals surface area (Å²) >= 11 is 0. The van der Waals surface area contributed by atoms with Crippen molar-refractivity contribution in [3.8, 4) is 0 Å². The molecule has 1 N–H and O–H groups in total. The van der Waals surface area contributed by atoms with Gasteiger partial charge in [-0.25, -0.2) is 0 Å². The fourth-order valence-corrected chi connectivity index (χ4v) is 1.51. The highest BCUT2D eigenvalue weighted by molar-refractivity contribution is 5.69. The Balaban J connectivity index is 2.33. The minimum Gasteiger partial charge on any atom is -0.481 e. The number of carboxylic acid groups (broad SMARTS) is 1. The molecule has 0 aromatic heterocycles. The Morgan fingerprint density at radius 2 is 1.80 bits per heavy atom. The van der Waals surface area contributed by atoms with Crippen molar-refractivity contribution in [2.75, 3.05) is 0 Å². The van der Waals surface area contributed by atoms with Gasteiger partial charge in [-0.1, -0.05) is 6.92 Å². The second-order valence-electron chi connectivity index (χ2n) is 3.30. The lowest BCUT2D eigenvalue weighted by Crippen LogP contribution is -2.19. The van der Waals surface area contributed by atoms with Gasteiger partial charge in [0, 0.05) is 0 Å². The first-order chi connectivity index (χ1) is 4.70. The standard InChI is InChI=1S/C8H14O2/c1-6-2-4-7(5-3-6)8(9)10/h6-7H,2-5H2,1H3,(H,9,10). The Kier molecular flexibility index (Phi) is 2.30. The molecule has 0 heterocycles. The van der Waals surface area contributed by atoms with E-state index in [9.17, 15) is 4.79 Å². The predicted molar refractivity (Wildman–Crippen MR) is 38.8 cm³/mol. The van der Waals surface area contributed by atoms with Gasteiger partial charge in [-0.05, 0) is 31.6 Å². The van der Waals surface area contributed by atoms with Crippen LogP contribution >= 0.6 is 0 Å². The number of carbonyl (C=O) groups is 1. The SMILES string of the molecule is CC1CCC(C(=O)O)CC1. The molecule has 2 heteroatoms. The second-order valence-corrected chi connectivity index (χ2v) is 3.30. The molecule has 1 fully saturated rings. The van der Waals surface area contributed by atoms with E-state index in [1.54, 1.807) is 0 Å². The van der Waals surface area contributed by atoms with Crippen LogP contribution in [0.25, 0.3) is 0 Å². The van der Waals surface area contributed by atoms with Crippen molar-refractivity contribution < 1.29 is 9.90 Å². The number of carboxylic acids is 1. The molecule has 1 saturated carbocycles. The molecule has 0 bridgehead atoms. The Morgan fingerprint density at radius 1 is 1.30 bits per heavy atom. The third-order valence-electron chi connectivity index (χ3n) is 2.37. The van der Waals surface area contributed by atoms with Gasteiger partial charge < -0.3 is 5.11 Å². The maximum absolute atomic E-state index is 10.5. The lowest BCUT2D eigenvalue weighted by atomic mass is 9.83. The third-order valence-corrected chi connectivity index (χ3v) is 2.37. The third kappa shape index (κ3) is 1.72. The molecule has 0 aliphatic heterocycles. The zero-order valence-electron chi connectivity index (χ0n) is 6.34. The zero-order valence-corrected chi connectivity index (χ0v) is 6.34. The van der Waals surface area contributed by atoms with E-state index in [0.717, 1.165) is 31.6 Å². The molecule has 0 aromatic carbocycles. The highest BCUT2D eigenvalue weighted by Gasteiger charge is 2.23. The van der Waals surface area contributed by atoms with Crippen molar-refractivity contribution in [2.24, 2.45) is 11.8 Å². The average Bonchev–Trinajstić information content (AvgIpc) is 1.88. The molecule has 0 unspecified atom stereocenters. The van der Waals surface area contributed by atoms with Crippen LogP contribution < -0.4 is 0 Å². The number of hydrogen-bond donors (Lipinski definition) is 1. The van der Waals surface area contributed by atoms with Gasteiger partial charge in [0.2, 0.25) is 0 Å². The van der Waals surface area contributed by atoms with Crippen molar-refractivity contribution in [3.05, 3.63) is 0 Å². The Bertz CT molecular complexity index is 123. The van der Waals surface area contributed by atoms with Crippen molar-refractivity contribution in [1.29, 1.82) is 0 Å². The summed E-state index contributed by atoms with van der Waals surface area (Å²) in [7, 11) is 0. The molecular weight excluding hydrogens is 128 g/mol. The normalized spacial score (nSPS) is 33.7. The van der Waals surface area contributed by atoms with Crippen molar-refractivity contribution >= 4 is 5.97 Å². The maximum Gasteiger partial charge on any atom is 0.306 e. The van der Waals surface area contributed by atoms with E-state index in [4.69, 9.17) is 5.11 Å². The monoisotopic (exact) mass is 142 g/mol. The first kappa shape index (κ1) is 7.58. The van der Waals surface area contributed by atoms with E-state index in [0.29, 0.717) is 0 Å². The van der Waals surface area contributed by atoms with Crippen molar-refractivity contribution in [2.45, 2.75) is 32.6 Å². The van der Waals surface area contributed by atoms with Gasteiger partial charge in [-0.15, -0.1) is 0 Å². The molecule has 0 amide bonds. The molecular formula is C8H14O2. The molecule has 0 radical (unpaired) electrons. The van der Waals surface area contributed by atoms with Gasteiger partial charge in [0.05, 0.1) is 5.92 Å². The summed E-state index contributed by atoms with van der Waals surface area (Å²) in [5.74, 6) is 0.0960. The Labute approximate surface area is 61.2 Å². The van der Waals surface area contributed by atoms with Crippen LogP contribution in [0.1, 0.15) is 32.6 Å². The molecule has 1 aliphatic carbocycles. The van der Waals surface area contributed by atoms with Crippen LogP contribution in [-0.4, -0.2) is 11.1 Å². The maximum atomic E-state index is 10.5. The lowest BCUT2D eigenvalue weighted by molar-refractivity contribution is -0.143. The fraction of sp³-hybridized carbons (Fsp3) is 0.875. The summed E-state index contributed by atoms with van der Waals surface area (Å²) in [4.78, 5) is 10.5. The van der Waals surface area contributed by atoms with Crippen LogP contribution in [0.5, 0.6) is 0 Å². The summed E-state index contributed by atoms with van der Waals surface area (Å²) in [6, 6.07) is 0. The van der Waals surface area contributed by atoms with Crippen molar-refractivity contribution in [3.63, 3.8) is 0 Å². The number of aliphatic carboxylic acids is 1. The minimum absolute atomic E-state index is 0.0452. The Hall–Kier alpha value is -0.530. The molecule has 10 heavy (non-hydrogen) atoms. The number of rotatable bonds is 1. The van der Waals surface area contributed by atoms with E-state index in [-0.39, 0.29) is 5.92 Å². The van der Waals surface area contributed by atoms with Gasteiger partial charge in [-0.3, -0.25) is 4.79 Å². The van der Waals surface area contributed by atoms with E-state index < -0.39 is 5.97 Å². The van der Waals surface area contributed by atoms with Crippen LogP contribution in [0.2, 0.25) is 0 Å². The van der Waals surface area contributed by atoms with Gasteiger partial charge in [0.15, 0.2) is 0 Å². The molecule has 0 spiro atoms. The van der Waals surface area contributed by atoms with Crippen molar-refractivity contribution in [1.82, 2.24) is 0 Å². The molecule has 0 aromatic rings. The van der Waals surface area contributed by atoms with Crippen LogP contribution in [0.4, 0.5) is 0 Å². The molecule has 1 aliphatic rings. The van der Waals surface area contributed by atoms with Gasteiger partial charge in [-0.2, -0.15) is 0 Å². The fourth-order valence-electron chi connectivity index (χ4n) is 1.51. The summed E-state index contributed by atoms with van der Waals surface area (Å²) in [6.45, 7) is 2.19. The largest absolute Gasteiger partial charge is 0.481 e. The topological polar surface area (TPSA) is 37.3 Å². The smallest absolute Gasteiger partial charge is 0.306 e. The number of hydrogen-bond acceptors (Lipinski definition) is 1. The molecule has 58 valence electrons. The molecule has 0 atom stereocenters. The molecule has 2 nitrogen and oxygen atoms in total. The summed E-state index contributed by atoms with van der Waals surface area (Å²) in [6.07, 6.45) is 3.96. The second kappa shape index (κ2) is 3.04. The van der Waals surface area contributed by atoms with Crippen LogP contribution in [-0.2, 0) is 4.79 Å².